The van der Waals surface area contributed by atoms with Gasteiger partial charge >= 0.3 is 5.97 Å². The van der Waals surface area contributed by atoms with Gasteiger partial charge in [-0.25, -0.2) is 9.18 Å². The number of anilines is 1. The number of halogens is 2. The maximum atomic E-state index is 13.8. The van der Waals surface area contributed by atoms with E-state index in [-0.39, 0.29) is 22.9 Å². The molecule has 0 bridgehead atoms. The molecule has 158 valence electrons. The molecule has 2 aromatic carbocycles. The molecule has 2 amide bonds. The SMILES string of the molecule is O=C(COC(=O)c1ccccc1SCC(=O)N1CCCC1)Nc1ccc(Br)cc1F. The van der Waals surface area contributed by atoms with Gasteiger partial charge in [-0.15, -0.1) is 11.8 Å². The van der Waals surface area contributed by atoms with Gasteiger partial charge in [-0.1, -0.05) is 28.1 Å². The Balaban J connectivity index is 1.54. The summed E-state index contributed by atoms with van der Waals surface area (Å²) >= 11 is 4.40. The lowest BCUT2D eigenvalue weighted by Gasteiger charge is -2.15. The van der Waals surface area contributed by atoms with Crippen LogP contribution in [0.25, 0.3) is 0 Å². The van der Waals surface area contributed by atoms with Crippen molar-refractivity contribution in [2.45, 2.75) is 17.7 Å². The van der Waals surface area contributed by atoms with Crippen molar-refractivity contribution in [3.8, 4) is 0 Å². The zero-order valence-electron chi connectivity index (χ0n) is 16.0. The Bertz CT molecular complexity index is 950. The third-order valence-corrected chi connectivity index (χ3v) is 6.01. The molecule has 2 aromatic rings. The first-order valence-corrected chi connectivity index (χ1v) is 11.1. The van der Waals surface area contributed by atoms with Crippen LogP contribution < -0.4 is 5.32 Å². The summed E-state index contributed by atoms with van der Waals surface area (Å²) in [6.45, 7) is 0.994. The van der Waals surface area contributed by atoms with Crippen molar-refractivity contribution in [1.29, 1.82) is 0 Å². The number of esters is 1. The van der Waals surface area contributed by atoms with E-state index in [1.54, 1.807) is 30.3 Å². The van der Waals surface area contributed by atoms with Gasteiger partial charge in [0.05, 0.1) is 17.0 Å². The predicted molar refractivity (Wildman–Crippen MR) is 116 cm³/mol. The molecule has 0 radical (unpaired) electrons. The number of carbonyl (C=O) groups is 3. The van der Waals surface area contributed by atoms with E-state index in [9.17, 15) is 18.8 Å². The summed E-state index contributed by atoms with van der Waals surface area (Å²) < 4.78 is 19.4. The summed E-state index contributed by atoms with van der Waals surface area (Å²) in [5.41, 5.74) is 0.273. The van der Waals surface area contributed by atoms with Crippen LogP contribution in [0, 0.1) is 5.82 Å². The van der Waals surface area contributed by atoms with Crippen LogP contribution in [0.3, 0.4) is 0 Å². The van der Waals surface area contributed by atoms with E-state index in [0.29, 0.717) is 9.37 Å². The zero-order valence-corrected chi connectivity index (χ0v) is 18.4. The highest BCUT2D eigenvalue weighted by Gasteiger charge is 2.20. The zero-order chi connectivity index (χ0) is 21.5. The van der Waals surface area contributed by atoms with Gasteiger partial charge < -0.3 is 15.0 Å². The molecule has 1 N–H and O–H groups in total. The number of nitrogens with one attached hydrogen (secondary N) is 1. The molecule has 1 aliphatic heterocycles. The van der Waals surface area contributed by atoms with Gasteiger partial charge in [0.2, 0.25) is 5.91 Å². The van der Waals surface area contributed by atoms with Crippen molar-refractivity contribution in [2.24, 2.45) is 0 Å². The van der Waals surface area contributed by atoms with E-state index in [2.05, 4.69) is 21.2 Å². The number of rotatable bonds is 7. The highest BCUT2D eigenvalue weighted by atomic mass is 79.9. The molecule has 9 heteroatoms. The molecule has 0 atom stereocenters. The molecule has 0 aromatic heterocycles. The van der Waals surface area contributed by atoms with Crippen molar-refractivity contribution in [3.63, 3.8) is 0 Å². The summed E-state index contributed by atoms with van der Waals surface area (Å²) in [5, 5.41) is 2.36. The lowest BCUT2D eigenvalue weighted by molar-refractivity contribution is -0.127. The number of benzene rings is 2. The molecule has 0 aliphatic carbocycles. The summed E-state index contributed by atoms with van der Waals surface area (Å²) in [7, 11) is 0. The Kier molecular flexibility index (Phi) is 7.87. The summed E-state index contributed by atoms with van der Waals surface area (Å²) in [6, 6.07) is 11.0. The van der Waals surface area contributed by atoms with Crippen molar-refractivity contribution in [1.82, 2.24) is 4.90 Å². The molecular formula is C21H20BrFN2O4S. The fourth-order valence-corrected chi connectivity index (χ4v) is 4.22. The minimum Gasteiger partial charge on any atom is -0.452 e. The van der Waals surface area contributed by atoms with Crippen molar-refractivity contribution in [2.75, 3.05) is 30.8 Å². The lowest BCUT2D eigenvalue weighted by Crippen LogP contribution is -2.29. The highest BCUT2D eigenvalue weighted by Crippen LogP contribution is 2.24. The normalized spacial score (nSPS) is 13.2. The molecular weight excluding hydrogens is 475 g/mol. The van der Waals surface area contributed by atoms with E-state index in [1.165, 1.54) is 23.9 Å². The fraction of sp³-hybridized carbons (Fsp3) is 0.286. The van der Waals surface area contributed by atoms with Gasteiger partial charge in [0.15, 0.2) is 6.61 Å². The highest BCUT2D eigenvalue weighted by molar-refractivity contribution is 9.10. The van der Waals surface area contributed by atoms with Gasteiger partial charge in [0.25, 0.3) is 5.91 Å². The molecule has 3 rings (SSSR count). The van der Waals surface area contributed by atoms with E-state index in [1.807, 2.05) is 4.90 Å². The molecule has 0 spiro atoms. The second-order valence-electron chi connectivity index (χ2n) is 6.62. The largest absolute Gasteiger partial charge is 0.452 e. The van der Waals surface area contributed by atoms with Gasteiger partial charge in [0, 0.05) is 22.5 Å². The first kappa shape index (κ1) is 22.3. The molecule has 1 heterocycles. The fourth-order valence-electron chi connectivity index (χ4n) is 2.94. The minimum absolute atomic E-state index is 0.00405. The number of amides is 2. The predicted octanol–water partition coefficient (Wildman–Crippen LogP) is 4.10. The van der Waals surface area contributed by atoms with Crippen LogP contribution in [0.1, 0.15) is 23.2 Å². The minimum atomic E-state index is -0.682. The van der Waals surface area contributed by atoms with Crippen LogP contribution in [0.15, 0.2) is 51.8 Å². The Morgan fingerprint density at radius 2 is 1.87 bits per heavy atom. The van der Waals surface area contributed by atoms with E-state index < -0.39 is 24.3 Å². The van der Waals surface area contributed by atoms with E-state index in [4.69, 9.17) is 4.74 Å². The van der Waals surface area contributed by atoms with Crippen LogP contribution in [-0.4, -0.2) is 48.1 Å². The summed E-state index contributed by atoms with van der Waals surface area (Å²) in [5.74, 6) is -1.67. The first-order valence-electron chi connectivity index (χ1n) is 9.35. The quantitative estimate of drug-likeness (QED) is 0.463. The topological polar surface area (TPSA) is 75.7 Å². The van der Waals surface area contributed by atoms with E-state index in [0.717, 1.165) is 25.9 Å². The van der Waals surface area contributed by atoms with Gasteiger partial charge in [-0.3, -0.25) is 9.59 Å². The molecule has 1 fully saturated rings. The number of thioether (sulfide) groups is 1. The molecule has 30 heavy (non-hydrogen) atoms. The third-order valence-electron chi connectivity index (χ3n) is 4.46. The molecule has 6 nitrogen and oxygen atoms in total. The second-order valence-corrected chi connectivity index (χ2v) is 8.55. The Morgan fingerprint density at radius 3 is 2.60 bits per heavy atom. The Hall–Kier alpha value is -2.39. The summed E-state index contributed by atoms with van der Waals surface area (Å²) in [6.07, 6.45) is 2.04. The maximum absolute atomic E-state index is 13.8. The number of ether oxygens (including phenoxy) is 1. The van der Waals surface area contributed by atoms with Crippen LogP contribution in [0.4, 0.5) is 10.1 Å². The van der Waals surface area contributed by atoms with Crippen molar-refractivity contribution >= 4 is 51.2 Å². The molecule has 1 saturated heterocycles. The number of likely N-dealkylation sites (tertiary alicyclic amines) is 1. The van der Waals surface area contributed by atoms with Crippen LogP contribution >= 0.6 is 27.7 Å². The van der Waals surface area contributed by atoms with Gasteiger partial charge in [-0.05, 0) is 43.2 Å². The Labute approximate surface area is 186 Å². The van der Waals surface area contributed by atoms with Gasteiger partial charge in [0.1, 0.15) is 5.82 Å². The van der Waals surface area contributed by atoms with Gasteiger partial charge in [-0.2, -0.15) is 0 Å². The lowest BCUT2D eigenvalue weighted by atomic mass is 10.2. The average Bonchev–Trinajstić information content (AvgIpc) is 3.27. The maximum Gasteiger partial charge on any atom is 0.339 e. The molecule has 0 unspecified atom stereocenters. The summed E-state index contributed by atoms with van der Waals surface area (Å²) in [4.78, 5) is 39.1. The van der Waals surface area contributed by atoms with E-state index >= 15 is 0 Å². The third kappa shape index (κ3) is 6.06. The van der Waals surface area contributed by atoms with Crippen molar-refractivity contribution in [3.05, 3.63) is 58.3 Å². The number of hydrogen-bond donors (Lipinski definition) is 1. The average molecular weight is 495 g/mol. The Morgan fingerprint density at radius 1 is 1.13 bits per heavy atom. The van der Waals surface area contributed by atoms with Crippen molar-refractivity contribution < 1.29 is 23.5 Å². The number of nitrogens with zero attached hydrogens (tertiary/aromatic N) is 1. The van der Waals surface area contributed by atoms with Crippen LogP contribution in [0.2, 0.25) is 0 Å². The monoisotopic (exact) mass is 494 g/mol. The molecule has 1 aliphatic rings. The number of carbonyl (C=O) groups excluding carboxylic acids is 3. The first-order chi connectivity index (χ1) is 14.4. The smallest absolute Gasteiger partial charge is 0.339 e. The standard InChI is InChI=1S/C21H20BrFN2O4S/c22-14-7-8-17(16(23)11-14)24-19(26)12-29-21(28)15-5-1-2-6-18(15)30-13-20(27)25-9-3-4-10-25/h1-2,5-8,11H,3-4,9-10,12-13H2,(H,24,26). The number of hydrogen-bond acceptors (Lipinski definition) is 5. The van der Waals surface area contributed by atoms with Crippen LogP contribution in [-0.2, 0) is 14.3 Å². The second kappa shape index (κ2) is 10.6. The molecule has 0 saturated carbocycles. The van der Waals surface area contributed by atoms with Crippen LogP contribution in [0.5, 0.6) is 0 Å².